The molecular weight excluding hydrogens is 364 g/mol. The Morgan fingerprint density at radius 2 is 1.83 bits per heavy atom. The van der Waals surface area contributed by atoms with E-state index >= 15 is 0 Å². The molecule has 2 aliphatic rings. The van der Waals surface area contributed by atoms with Crippen molar-refractivity contribution in [2.24, 2.45) is 5.92 Å². The van der Waals surface area contributed by atoms with Crippen molar-refractivity contribution in [1.29, 1.82) is 0 Å². The van der Waals surface area contributed by atoms with Crippen LogP contribution in [0.3, 0.4) is 0 Å². The lowest BCUT2D eigenvalue weighted by atomic mass is 9.99. The third-order valence-corrected chi connectivity index (χ3v) is 6.22. The van der Waals surface area contributed by atoms with Gasteiger partial charge in [0.2, 0.25) is 0 Å². The molecule has 0 spiro atoms. The monoisotopic (exact) mass is 394 g/mol. The minimum atomic E-state index is -0.230. The fourth-order valence-electron chi connectivity index (χ4n) is 4.26. The first kappa shape index (κ1) is 19.7. The van der Waals surface area contributed by atoms with Crippen LogP contribution in [-0.2, 0) is 19.4 Å². The second-order valence-corrected chi connectivity index (χ2v) is 8.32. The van der Waals surface area contributed by atoms with Gasteiger partial charge in [0.05, 0.1) is 5.69 Å². The number of hydrogen-bond donors (Lipinski definition) is 1. The molecule has 0 atom stereocenters. The number of carbonyl (C=O) groups is 2. The van der Waals surface area contributed by atoms with E-state index in [2.05, 4.69) is 24.1 Å². The largest absolute Gasteiger partial charge is 0.336 e. The topological polar surface area (TPSA) is 67.2 Å². The van der Waals surface area contributed by atoms with Gasteiger partial charge in [0, 0.05) is 25.3 Å². The quantitative estimate of drug-likeness (QED) is 0.855. The lowest BCUT2D eigenvalue weighted by molar-refractivity contribution is 0.0678. The molecule has 3 heterocycles. The summed E-state index contributed by atoms with van der Waals surface area (Å²) < 4.78 is 1.99. The summed E-state index contributed by atoms with van der Waals surface area (Å²) in [7, 11) is 0. The van der Waals surface area contributed by atoms with Gasteiger partial charge in [0.15, 0.2) is 11.5 Å². The summed E-state index contributed by atoms with van der Waals surface area (Å²) in [5.41, 5.74) is 3.28. The van der Waals surface area contributed by atoms with Crippen LogP contribution in [0.2, 0.25) is 0 Å². The molecule has 6 nitrogen and oxygen atoms in total. The van der Waals surface area contributed by atoms with Crippen molar-refractivity contribution in [1.82, 2.24) is 14.5 Å². The van der Waals surface area contributed by atoms with Gasteiger partial charge in [-0.15, -0.1) is 0 Å². The predicted molar refractivity (Wildman–Crippen MR) is 113 cm³/mol. The normalized spacial score (nSPS) is 17.1. The van der Waals surface area contributed by atoms with Crippen LogP contribution < -0.4 is 5.32 Å². The van der Waals surface area contributed by atoms with E-state index in [1.54, 1.807) is 0 Å². The fourth-order valence-corrected chi connectivity index (χ4v) is 4.26. The van der Waals surface area contributed by atoms with Crippen molar-refractivity contribution < 1.29 is 9.59 Å². The first-order chi connectivity index (χ1) is 14.1. The Hall–Kier alpha value is -2.63. The number of aryl methyl sites for hydroxylation is 1. The van der Waals surface area contributed by atoms with Gasteiger partial charge in [-0.3, -0.25) is 9.59 Å². The van der Waals surface area contributed by atoms with Gasteiger partial charge < -0.3 is 14.8 Å². The van der Waals surface area contributed by atoms with Crippen molar-refractivity contribution in [2.75, 3.05) is 18.4 Å². The zero-order chi connectivity index (χ0) is 20.4. The smallest absolute Gasteiger partial charge is 0.289 e. The van der Waals surface area contributed by atoms with Gasteiger partial charge in [-0.25, -0.2) is 4.98 Å². The summed E-state index contributed by atoms with van der Waals surface area (Å²) in [5, 5.41) is 2.96. The number of benzene rings is 1. The van der Waals surface area contributed by atoms with Crippen LogP contribution in [-0.4, -0.2) is 39.4 Å². The SMILES string of the molecule is CCc1ccc(NC(=O)c2nc(C(=O)N3CCC(C)CC3)n3c2CCCC3)cc1. The first-order valence-electron chi connectivity index (χ1n) is 10.9. The van der Waals surface area contributed by atoms with Gasteiger partial charge >= 0.3 is 0 Å². The maximum Gasteiger partial charge on any atom is 0.289 e. The van der Waals surface area contributed by atoms with Gasteiger partial charge in [-0.2, -0.15) is 0 Å². The first-order valence-corrected chi connectivity index (χ1v) is 10.9. The Morgan fingerprint density at radius 3 is 2.52 bits per heavy atom. The molecule has 0 radical (unpaired) electrons. The number of piperidine rings is 1. The number of carbonyl (C=O) groups excluding carboxylic acids is 2. The molecule has 0 unspecified atom stereocenters. The average Bonchev–Trinajstić information content (AvgIpc) is 3.14. The summed E-state index contributed by atoms with van der Waals surface area (Å²) in [6.07, 6.45) is 5.84. The van der Waals surface area contributed by atoms with E-state index in [4.69, 9.17) is 0 Å². The van der Waals surface area contributed by atoms with E-state index < -0.39 is 0 Å². The molecule has 1 aromatic heterocycles. The lowest BCUT2D eigenvalue weighted by Crippen LogP contribution is -2.39. The molecule has 1 fully saturated rings. The van der Waals surface area contributed by atoms with E-state index in [-0.39, 0.29) is 11.8 Å². The third kappa shape index (κ3) is 4.07. The van der Waals surface area contributed by atoms with Crippen molar-refractivity contribution in [3.05, 3.63) is 47.0 Å². The molecule has 0 saturated carbocycles. The van der Waals surface area contributed by atoms with Crippen LogP contribution in [0.4, 0.5) is 5.69 Å². The number of aromatic nitrogens is 2. The van der Waals surface area contributed by atoms with Crippen LogP contribution >= 0.6 is 0 Å². The van der Waals surface area contributed by atoms with Crippen molar-refractivity contribution >= 4 is 17.5 Å². The number of amides is 2. The number of nitrogens with one attached hydrogen (secondary N) is 1. The predicted octanol–water partition coefficient (Wildman–Crippen LogP) is 3.91. The molecular formula is C23H30N4O2. The lowest BCUT2D eigenvalue weighted by Gasteiger charge is -2.30. The second kappa shape index (κ2) is 8.39. The van der Waals surface area contributed by atoms with Gasteiger partial charge in [0.1, 0.15) is 0 Å². The average molecular weight is 395 g/mol. The molecule has 4 rings (SSSR count). The summed E-state index contributed by atoms with van der Waals surface area (Å²) >= 11 is 0. The summed E-state index contributed by atoms with van der Waals surface area (Å²) in [6.45, 7) is 6.63. The van der Waals surface area contributed by atoms with Crippen LogP contribution in [0, 0.1) is 5.92 Å². The highest BCUT2D eigenvalue weighted by Gasteiger charge is 2.31. The maximum absolute atomic E-state index is 13.2. The molecule has 2 amide bonds. The Kier molecular flexibility index (Phi) is 5.69. The number of nitrogens with zero attached hydrogens (tertiary/aromatic N) is 3. The second-order valence-electron chi connectivity index (χ2n) is 8.32. The highest BCUT2D eigenvalue weighted by molar-refractivity contribution is 6.05. The van der Waals surface area contributed by atoms with Crippen LogP contribution in [0.5, 0.6) is 0 Å². The van der Waals surface area contributed by atoms with Gasteiger partial charge in [0.25, 0.3) is 11.8 Å². The number of hydrogen-bond acceptors (Lipinski definition) is 3. The highest BCUT2D eigenvalue weighted by atomic mass is 16.2. The van der Waals surface area contributed by atoms with Crippen molar-refractivity contribution in [2.45, 2.75) is 58.9 Å². The van der Waals surface area contributed by atoms with Gasteiger partial charge in [-0.05, 0) is 62.1 Å². The zero-order valence-electron chi connectivity index (χ0n) is 17.4. The molecule has 2 aromatic rings. The molecule has 0 aliphatic carbocycles. The Morgan fingerprint density at radius 1 is 1.10 bits per heavy atom. The minimum Gasteiger partial charge on any atom is -0.336 e. The summed E-state index contributed by atoms with van der Waals surface area (Å²) in [4.78, 5) is 32.6. The maximum atomic E-state index is 13.2. The Labute approximate surface area is 172 Å². The van der Waals surface area contributed by atoms with E-state index in [1.165, 1.54) is 5.56 Å². The number of likely N-dealkylation sites (tertiary alicyclic amines) is 1. The summed E-state index contributed by atoms with van der Waals surface area (Å²) in [6, 6.07) is 7.87. The van der Waals surface area contributed by atoms with E-state index in [9.17, 15) is 9.59 Å². The third-order valence-electron chi connectivity index (χ3n) is 6.22. The van der Waals surface area contributed by atoms with E-state index in [0.29, 0.717) is 17.4 Å². The highest BCUT2D eigenvalue weighted by Crippen LogP contribution is 2.25. The standard InChI is InChI=1S/C23H30N4O2/c1-3-17-7-9-18(10-8-17)24-22(28)20-19-6-4-5-13-27(19)21(25-20)23(29)26-14-11-16(2)12-15-26/h7-10,16H,3-6,11-15H2,1-2H3,(H,24,28). The molecule has 1 N–H and O–H groups in total. The van der Waals surface area contributed by atoms with Crippen molar-refractivity contribution in [3.63, 3.8) is 0 Å². The van der Waals surface area contributed by atoms with Gasteiger partial charge in [-0.1, -0.05) is 26.0 Å². The van der Waals surface area contributed by atoms with Crippen LogP contribution in [0.1, 0.15) is 71.9 Å². The Balaban J connectivity index is 1.58. The van der Waals surface area contributed by atoms with Crippen molar-refractivity contribution in [3.8, 4) is 0 Å². The zero-order valence-corrected chi connectivity index (χ0v) is 17.4. The number of rotatable bonds is 4. The van der Waals surface area contributed by atoms with Crippen LogP contribution in [0.15, 0.2) is 24.3 Å². The summed E-state index contributed by atoms with van der Waals surface area (Å²) in [5.74, 6) is 0.826. The molecule has 29 heavy (non-hydrogen) atoms. The Bertz CT molecular complexity index is 892. The molecule has 2 aliphatic heterocycles. The van der Waals surface area contributed by atoms with E-state index in [0.717, 1.165) is 69.5 Å². The number of fused-ring (bicyclic) bond motifs is 1. The molecule has 1 saturated heterocycles. The fraction of sp³-hybridized carbons (Fsp3) is 0.522. The number of imidazole rings is 1. The minimum absolute atomic E-state index is 0.0357. The number of anilines is 1. The molecule has 154 valence electrons. The molecule has 0 bridgehead atoms. The molecule has 1 aromatic carbocycles. The van der Waals surface area contributed by atoms with E-state index in [1.807, 2.05) is 33.7 Å². The molecule has 6 heteroatoms. The van der Waals surface area contributed by atoms with Crippen LogP contribution in [0.25, 0.3) is 0 Å².